The van der Waals surface area contributed by atoms with Crippen LogP contribution in [0.4, 0.5) is 0 Å². The van der Waals surface area contributed by atoms with Crippen molar-refractivity contribution in [1.29, 1.82) is 0 Å². The highest BCUT2D eigenvalue weighted by atomic mass is 32.2. The highest BCUT2D eigenvalue weighted by Gasteiger charge is 2.09. The first-order valence-corrected chi connectivity index (χ1v) is 7.26. The molecule has 0 aliphatic heterocycles. The van der Waals surface area contributed by atoms with Crippen molar-refractivity contribution in [3.8, 4) is 0 Å². The molecule has 18 heavy (non-hydrogen) atoms. The summed E-state index contributed by atoms with van der Waals surface area (Å²) in [5.74, 6) is 0.617. The maximum absolute atomic E-state index is 11.4. The maximum Gasteiger partial charge on any atom is 0.304 e. The molecule has 0 fully saturated rings. The molecule has 5 nitrogen and oxygen atoms in total. The standard InChI is InChI=1S/C12H26O5S/c1-11(5-7-14-3)9-16-18(13)17-10-12(2)6-8-15-4/h11-12H,5-10H2,1-4H3. The monoisotopic (exact) mass is 282 g/mol. The van der Waals surface area contributed by atoms with Crippen LogP contribution in [0.2, 0.25) is 0 Å². The van der Waals surface area contributed by atoms with Crippen molar-refractivity contribution < 1.29 is 22.0 Å². The summed E-state index contributed by atoms with van der Waals surface area (Å²) >= 11 is -1.65. The van der Waals surface area contributed by atoms with Crippen molar-refractivity contribution in [2.45, 2.75) is 26.7 Å². The quantitative estimate of drug-likeness (QED) is 0.547. The molecule has 0 aliphatic rings. The molecule has 0 saturated heterocycles. The molecule has 0 saturated carbocycles. The molecule has 2 atom stereocenters. The van der Waals surface area contributed by atoms with E-state index < -0.39 is 11.4 Å². The predicted octanol–water partition coefficient (Wildman–Crippen LogP) is 1.94. The highest BCUT2D eigenvalue weighted by Crippen LogP contribution is 2.07. The van der Waals surface area contributed by atoms with Crippen LogP contribution in [-0.4, -0.2) is 44.9 Å². The molecule has 6 heteroatoms. The van der Waals surface area contributed by atoms with Crippen LogP contribution in [0.15, 0.2) is 0 Å². The van der Waals surface area contributed by atoms with E-state index in [0.717, 1.165) is 12.8 Å². The van der Waals surface area contributed by atoms with E-state index in [4.69, 9.17) is 17.8 Å². The lowest BCUT2D eigenvalue weighted by Crippen LogP contribution is -2.15. The van der Waals surface area contributed by atoms with E-state index in [0.29, 0.717) is 38.3 Å². The lowest BCUT2D eigenvalue weighted by atomic mass is 10.1. The van der Waals surface area contributed by atoms with Gasteiger partial charge in [-0.05, 0) is 24.7 Å². The van der Waals surface area contributed by atoms with E-state index >= 15 is 0 Å². The molecule has 0 radical (unpaired) electrons. The second-order valence-corrected chi connectivity index (χ2v) is 5.43. The number of ether oxygens (including phenoxy) is 2. The Bertz CT molecular complexity index is 193. The maximum atomic E-state index is 11.4. The zero-order valence-electron chi connectivity index (χ0n) is 11.8. The normalized spacial score (nSPS) is 16.4. The van der Waals surface area contributed by atoms with Crippen molar-refractivity contribution in [3.63, 3.8) is 0 Å². The van der Waals surface area contributed by atoms with Crippen molar-refractivity contribution >= 4 is 11.4 Å². The first-order chi connectivity index (χ1) is 8.60. The van der Waals surface area contributed by atoms with Gasteiger partial charge in [0.05, 0.1) is 13.2 Å². The van der Waals surface area contributed by atoms with E-state index in [2.05, 4.69) is 0 Å². The summed E-state index contributed by atoms with van der Waals surface area (Å²) in [4.78, 5) is 0. The van der Waals surface area contributed by atoms with Crippen molar-refractivity contribution in [2.24, 2.45) is 11.8 Å². The van der Waals surface area contributed by atoms with Crippen LogP contribution >= 0.6 is 0 Å². The Kier molecular flexibility index (Phi) is 12.0. The third-order valence-corrected chi connectivity index (χ3v) is 3.18. The average molecular weight is 282 g/mol. The highest BCUT2D eigenvalue weighted by molar-refractivity contribution is 7.75. The van der Waals surface area contributed by atoms with Crippen LogP contribution in [0.3, 0.4) is 0 Å². The number of hydrogen-bond acceptors (Lipinski definition) is 5. The first-order valence-electron chi connectivity index (χ1n) is 6.26. The van der Waals surface area contributed by atoms with Crippen LogP contribution in [0.5, 0.6) is 0 Å². The Morgan fingerprint density at radius 3 is 1.61 bits per heavy atom. The molecule has 0 spiro atoms. The van der Waals surface area contributed by atoms with Gasteiger partial charge in [0.25, 0.3) is 0 Å². The van der Waals surface area contributed by atoms with Crippen molar-refractivity contribution in [3.05, 3.63) is 0 Å². The Hall–Kier alpha value is -0.0100. The van der Waals surface area contributed by atoms with Gasteiger partial charge in [0.1, 0.15) is 0 Å². The molecule has 0 bridgehead atoms. The molecule has 0 rings (SSSR count). The molecule has 110 valence electrons. The van der Waals surface area contributed by atoms with Crippen molar-refractivity contribution in [2.75, 3.05) is 40.6 Å². The lowest BCUT2D eigenvalue weighted by Gasteiger charge is -2.12. The predicted molar refractivity (Wildman–Crippen MR) is 71.4 cm³/mol. The van der Waals surface area contributed by atoms with E-state index in [-0.39, 0.29) is 0 Å². The molecule has 0 aromatic rings. The molecule has 2 unspecified atom stereocenters. The van der Waals surface area contributed by atoms with Gasteiger partial charge in [-0.15, -0.1) is 0 Å². The Morgan fingerprint density at radius 1 is 0.889 bits per heavy atom. The van der Waals surface area contributed by atoms with Gasteiger partial charge in [0.2, 0.25) is 0 Å². The Balaban J connectivity index is 3.52. The van der Waals surface area contributed by atoms with E-state index in [1.165, 1.54) is 0 Å². The smallest absolute Gasteiger partial charge is 0.304 e. The number of methoxy groups -OCH3 is 2. The van der Waals surface area contributed by atoms with Crippen LogP contribution in [0, 0.1) is 11.8 Å². The fourth-order valence-corrected chi connectivity index (χ4v) is 1.94. The summed E-state index contributed by atoms with van der Waals surface area (Å²) in [6.07, 6.45) is 1.77. The summed E-state index contributed by atoms with van der Waals surface area (Å²) < 4.78 is 31.6. The molecule has 0 heterocycles. The Labute approximate surface area is 113 Å². The van der Waals surface area contributed by atoms with Gasteiger partial charge in [0, 0.05) is 27.4 Å². The SMILES string of the molecule is COCCC(C)COS(=O)OCC(C)CCOC. The minimum absolute atomic E-state index is 0.309. The van der Waals surface area contributed by atoms with Crippen LogP contribution < -0.4 is 0 Å². The number of rotatable bonds is 12. The summed E-state index contributed by atoms with van der Waals surface area (Å²) in [5, 5.41) is 0. The van der Waals surface area contributed by atoms with Crippen molar-refractivity contribution in [1.82, 2.24) is 0 Å². The second-order valence-electron chi connectivity index (χ2n) is 4.55. The summed E-state index contributed by atoms with van der Waals surface area (Å²) in [5.41, 5.74) is 0. The van der Waals surface area contributed by atoms with Gasteiger partial charge >= 0.3 is 11.4 Å². The van der Waals surface area contributed by atoms with Crippen LogP contribution in [0.1, 0.15) is 26.7 Å². The van der Waals surface area contributed by atoms with E-state index in [1.54, 1.807) is 14.2 Å². The number of hydrogen-bond donors (Lipinski definition) is 0. The third-order valence-electron chi connectivity index (χ3n) is 2.53. The third kappa shape index (κ3) is 11.1. The largest absolute Gasteiger partial charge is 0.385 e. The minimum Gasteiger partial charge on any atom is -0.385 e. The van der Waals surface area contributed by atoms with Gasteiger partial charge in [-0.3, -0.25) is 8.37 Å². The zero-order valence-corrected chi connectivity index (χ0v) is 12.7. The molecule has 0 aromatic carbocycles. The fourth-order valence-electron chi connectivity index (χ4n) is 1.18. The minimum atomic E-state index is -1.65. The summed E-state index contributed by atoms with van der Waals surface area (Å²) in [6.45, 7) is 6.26. The zero-order chi connectivity index (χ0) is 13.8. The molecule has 0 aliphatic carbocycles. The fraction of sp³-hybridized carbons (Fsp3) is 1.00. The second kappa shape index (κ2) is 12.0. The Morgan fingerprint density at radius 2 is 1.28 bits per heavy atom. The molecule has 0 amide bonds. The van der Waals surface area contributed by atoms with E-state index in [1.807, 2.05) is 13.8 Å². The van der Waals surface area contributed by atoms with Gasteiger partial charge < -0.3 is 9.47 Å². The average Bonchev–Trinajstić information content (AvgIpc) is 2.37. The first kappa shape index (κ1) is 18.0. The van der Waals surface area contributed by atoms with Gasteiger partial charge in [-0.2, -0.15) is 4.21 Å². The van der Waals surface area contributed by atoms with Gasteiger partial charge in [-0.1, -0.05) is 13.8 Å². The molecular weight excluding hydrogens is 256 g/mol. The topological polar surface area (TPSA) is 54.0 Å². The van der Waals surface area contributed by atoms with Gasteiger partial charge in [0.15, 0.2) is 0 Å². The van der Waals surface area contributed by atoms with E-state index in [9.17, 15) is 4.21 Å². The summed E-state index contributed by atoms with van der Waals surface area (Å²) in [6, 6.07) is 0. The molecule has 0 N–H and O–H groups in total. The summed E-state index contributed by atoms with van der Waals surface area (Å²) in [7, 11) is 3.33. The van der Waals surface area contributed by atoms with Crippen LogP contribution in [-0.2, 0) is 29.2 Å². The lowest BCUT2D eigenvalue weighted by molar-refractivity contribution is 0.145. The molecular formula is C12H26O5S. The van der Waals surface area contributed by atoms with Crippen LogP contribution in [0.25, 0.3) is 0 Å². The van der Waals surface area contributed by atoms with Gasteiger partial charge in [-0.25, -0.2) is 0 Å². The molecule has 0 aromatic heterocycles.